The number of primary amides is 1. The molecule has 142 valence electrons. The number of imide groups is 1. The summed E-state index contributed by atoms with van der Waals surface area (Å²) in [4.78, 5) is 52.6. The molecule has 8 nitrogen and oxygen atoms in total. The van der Waals surface area contributed by atoms with Gasteiger partial charge in [0.15, 0.2) is 0 Å². The molecule has 1 spiro atoms. The van der Waals surface area contributed by atoms with Crippen molar-refractivity contribution < 1.29 is 24.5 Å². The first kappa shape index (κ1) is 17.7. The van der Waals surface area contributed by atoms with Crippen LogP contribution >= 0.6 is 0 Å². The second-order valence-electron chi connectivity index (χ2n) is 8.56. The number of carbonyl (C=O) groups excluding carboxylic acids is 4. The van der Waals surface area contributed by atoms with Crippen LogP contribution < -0.4 is 16.4 Å². The van der Waals surface area contributed by atoms with Crippen molar-refractivity contribution in [3.63, 3.8) is 0 Å². The molecule has 3 aliphatic heterocycles. The van der Waals surface area contributed by atoms with E-state index in [1.165, 1.54) is 4.90 Å². The summed E-state index contributed by atoms with van der Waals surface area (Å²) in [6, 6.07) is 6.61. The Balaban J connectivity index is 1.91. The molecular formula is C19H23N4O4+. The highest BCUT2D eigenvalue weighted by molar-refractivity contribution is 6.14. The number of fused-ring (bicyclic) bond motifs is 4. The molecule has 1 aromatic rings. The average molecular weight is 371 g/mol. The zero-order chi connectivity index (χ0) is 19.7. The molecule has 0 radical (unpaired) electrons. The number of anilines is 1. The minimum Gasteiger partial charge on any atom is -0.369 e. The Hall–Kier alpha value is -2.74. The first-order chi connectivity index (χ1) is 12.6. The second kappa shape index (κ2) is 5.39. The van der Waals surface area contributed by atoms with Crippen LogP contribution in [0.2, 0.25) is 0 Å². The van der Waals surface area contributed by atoms with Crippen LogP contribution in [0, 0.1) is 11.8 Å². The largest absolute Gasteiger partial charge is 0.369 e. The Kier molecular flexibility index (Phi) is 3.52. The molecule has 3 aliphatic rings. The van der Waals surface area contributed by atoms with E-state index in [0.717, 1.165) is 0 Å². The molecule has 0 saturated carbocycles. The maximum absolute atomic E-state index is 13.4. The molecule has 4 rings (SSSR count). The predicted molar refractivity (Wildman–Crippen MR) is 94.9 cm³/mol. The number of para-hydroxylation sites is 1. The molecule has 0 unspecified atom stereocenters. The molecule has 0 bridgehead atoms. The summed E-state index contributed by atoms with van der Waals surface area (Å²) in [5.74, 6) is -3.23. The van der Waals surface area contributed by atoms with Gasteiger partial charge >= 0.3 is 0 Å². The summed E-state index contributed by atoms with van der Waals surface area (Å²) in [5.41, 5.74) is 4.74. The summed E-state index contributed by atoms with van der Waals surface area (Å²) in [7, 11) is 0. The van der Waals surface area contributed by atoms with Crippen LogP contribution in [-0.2, 0) is 24.7 Å². The van der Waals surface area contributed by atoms with Crippen LogP contribution in [0.4, 0.5) is 5.69 Å². The average Bonchev–Trinajstić information content (AvgIpc) is 3.12. The molecule has 27 heavy (non-hydrogen) atoms. The molecule has 0 aliphatic carbocycles. The van der Waals surface area contributed by atoms with E-state index in [-0.39, 0.29) is 24.1 Å². The number of quaternary nitrogens is 1. The molecule has 5 N–H and O–H groups in total. The van der Waals surface area contributed by atoms with Crippen LogP contribution in [0.3, 0.4) is 0 Å². The number of hydrogen-bond acceptors (Lipinski definition) is 4. The molecule has 0 aromatic heterocycles. The number of hydrogen-bond donors (Lipinski definition) is 3. The fourth-order valence-electron chi connectivity index (χ4n) is 5.00. The lowest BCUT2D eigenvalue weighted by Gasteiger charge is -2.33. The molecule has 4 atom stereocenters. The lowest BCUT2D eigenvalue weighted by atomic mass is 9.76. The molecule has 1 aromatic carbocycles. The lowest BCUT2D eigenvalue weighted by Crippen LogP contribution is -2.99. The third-order valence-electron chi connectivity index (χ3n) is 5.88. The summed E-state index contributed by atoms with van der Waals surface area (Å²) in [6.45, 7) is 5.35. The summed E-state index contributed by atoms with van der Waals surface area (Å²) in [5, 5.41) is 4.55. The van der Waals surface area contributed by atoms with Gasteiger partial charge in [-0.05, 0) is 26.8 Å². The van der Waals surface area contributed by atoms with E-state index in [1.54, 1.807) is 50.4 Å². The maximum Gasteiger partial charge on any atom is 0.291 e. The molecule has 2 fully saturated rings. The number of benzene rings is 1. The van der Waals surface area contributed by atoms with Gasteiger partial charge in [-0.1, -0.05) is 18.2 Å². The highest BCUT2D eigenvalue weighted by Gasteiger charge is 2.75. The van der Waals surface area contributed by atoms with E-state index in [1.807, 2.05) is 0 Å². The maximum atomic E-state index is 13.4. The number of carbonyl (C=O) groups is 4. The van der Waals surface area contributed by atoms with Gasteiger partial charge in [0.2, 0.25) is 23.3 Å². The number of likely N-dealkylation sites (tertiary alicyclic amines) is 1. The third-order valence-corrected chi connectivity index (χ3v) is 5.88. The van der Waals surface area contributed by atoms with E-state index < -0.39 is 34.9 Å². The van der Waals surface area contributed by atoms with E-state index in [0.29, 0.717) is 11.3 Å². The normalized spacial score (nSPS) is 32.0. The van der Waals surface area contributed by atoms with Gasteiger partial charge in [-0.2, -0.15) is 0 Å². The highest BCUT2D eigenvalue weighted by atomic mass is 16.2. The van der Waals surface area contributed by atoms with Gasteiger partial charge in [-0.25, -0.2) is 0 Å². The predicted octanol–water partition coefficient (Wildman–Crippen LogP) is -0.945. The van der Waals surface area contributed by atoms with Gasteiger partial charge in [0.05, 0.1) is 12.1 Å². The van der Waals surface area contributed by atoms with E-state index in [2.05, 4.69) is 5.32 Å². The minimum absolute atomic E-state index is 0.0740. The zero-order valence-corrected chi connectivity index (χ0v) is 15.5. The van der Waals surface area contributed by atoms with E-state index in [9.17, 15) is 19.2 Å². The first-order valence-electron chi connectivity index (χ1n) is 9.02. The number of amides is 4. The van der Waals surface area contributed by atoms with Crippen molar-refractivity contribution in [2.75, 3.05) is 5.32 Å². The second-order valence-corrected chi connectivity index (χ2v) is 8.56. The Labute approximate surface area is 156 Å². The highest BCUT2D eigenvalue weighted by Crippen LogP contribution is 2.50. The Morgan fingerprint density at radius 1 is 1.22 bits per heavy atom. The van der Waals surface area contributed by atoms with Crippen molar-refractivity contribution in [2.24, 2.45) is 17.6 Å². The fourth-order valence-corrected chi connectivity index (χ4v) is 5.00. The Morgan fingerprint density at radius 3 is 2.52 bits per heavy atom. The van der Waals surface area contributed by atoms with Gasteiger partial charge in [0, 0.05) is 11.1 Å². The molecule has 8 heteroatoms. The number of nitrogens with one attached hydrogen (secondary N) is 1. The van der Waals surface area contributed by atoms with Crippen LogP contribution in [0.15, 0.2) is 24.3 Å². The van der Waals surface area contributed by atoms with Gasteiger partial charge in [-0.15, -0.1) is 0 Å². The number of nitrogens with two attached hydrogens (primary N) is 2. The molecule has 3 heterocycles. The van der Waals surface area contributed by atoms with Gasteiger partial charge in [0.1, 0.15) is 17.9 Å². The van der Waals surface area contributed by atoms with Crippen molar-refractivity contribution >= 4 is 29.3 Å². The van der Waals surface area contributed by atoms with Crippen molar-refractivity contribution in [1.82, 2.24) is 4.90 Å². The number of nitrogens with zero attached hydrogens (tertiary/aromatic N) is 1. The fraction of sp³-hybridized carbons (Fsp3) is 0.474. The van der Waals surface area contributed by atoms with Crippen molar-refractivity contribution in [2.45, 2.75) is 44.3 Å². The van der Waals surface area contributed by atoms with Crippen LogP contribution in [0.1, 0.15) is 32.8 Å². The number of rotatable bonds is 2. The summed E-state index contributed by atoms with van der Waals surface area (Å²) in [6.07, 6.45) is -0.0740. The SMILES string of the molecule is CC(C)(C)N1C(=O)[C@@H]2[C@H](CC(N)=O)[NH2+][C@@]3(C(=O)Nc4ccccc43)[C@@H]2C1=O. The van der Waals surface area contributed by atoms with Gasteiger partial charge in [0.25, 0.3) is 5.91 Å². The molecule has 4 amide bonds. The van der Waals surface area contributed by atoms with E-state index >= 15 is 0 Å². The van der Waals surface area contributed by atoms with Crippen molar-refractivity contribution in [3.8, 4) is 0 Å². The summed E-state index contributed by atoms with van der Waals surface area (Å²) < 4.78 is 0. The monoisotopic (exact) mass is 371 g/mol. The quantitative estimate of drug-likeness (QED) is 0.580. The van der Waals surface area contributed by atoms with Crippen LogP contribution in [0.5, 0.6) is 0 Å². The van der Waals surface area contributed by atoms with Crippen LogP contribution in [0.25, 0.3) is 0 Å². The Morgan fingerprint density at radius 2 is 1.89 bits per heavy atom. The smallest absolute Gasteiger partial charge is 0.291 e. The Bertz CT molecular complexity index is 890. The van der Waals surface area contributed by atoms with Crippen LogP contribution in [-0.4, -0.2) is 40.1 Å². The van der Waals surface area contributed by atoms with E-state index in [4.69, 9.17) is 5.73 Å². The van der Waals surface area contributed by atoms with Crippen molar-refractivity contribution in [1.29, 1.82) is 0 Å². The van der Waals surface area contributed by atoms with Crippen molar-refractivity contribution in [3.05, 3.63) is 29.8 Å². The van der Waals surface area contributed by atoms with Gasteiger partial charge < -0.3 is 16.4 Å². The topological polar surface area (TPSA) is 126 Å². The molecular weight excluding hydrogens is 348 g/mol. The lowest BCUT2D eigenvalue weighted by molar-refractivity contribution is -0.732. The standard InChI is InChI=1S/C19H22N4O4/c1-18(2,3)23-15(25)13-11(8-12(20)24)22-19(14(13)16(23)26)9-6-4-5-7-10(9)21-17(19)27/h4-7,11,13-14,22H,8H2,1-3H3,(H2,20,24)(H,21,27)/p+1/t11-,13+,14-,19+/m0/s1. The first-order valence-corrected chi connectivity index (χ1v) is 9.02. The minimum atomic E-state index is -1.26. The zero-order valence-electron chi connectivity index (χ0n) is 15.5. The molecule has 2 saturated heterocycles. The third kappa shape index (κ3) is 2.19. The van der Waals surface area contributed by atoms with Gasteiger partial charge in [-0.3, -0.25) is 24.1 Å². The summed E-state index contributed by atoms with van der Waals surface area (Å²) >= 11 is 0.